The SMILES string of the molecule is CC(C)[C@H](NC(=O)CCNC(=O)CN1CCN(CC(=O)O)CCN(CC(=O)O)CCN(CC(=O)O)CC1)C(=O)N[C@H](C)C(=O)N1CCC[C@H]1B(O)O. The van der Waals surface area contributed by atoms with Gasteiger partial charge in [-0.2, -0.15) is 0 Å². The number of hydrogen-bond donors (Lipinski definition) is 8. The van der Waals surface area contributed by atoms with E-state index >= 15 is 0 Å². The molecule has 4 amide bonds. The largest absolute Gasteiger partial charge is 0.480 e. The van der Waals surface area contributed by atoms with E-state index in [1.54, 1.807) is 33.4 Å². The fraction of sp³-hybridized carbons (Fsp3) is 0.774. The molecule has 21 heteroatoms. The average molecular weight is 743 g/mol. The van der Waals surface area contributed by atoms with Crippen LogP contribution in [0.15, 0.2) is 0 Å². The summed E-state index contributed by atoms with van der Waals surface area (Å²) in [4.78, 5) is 94.1. The van der Waals surface area contributed by atoms with Gasteiger partial charge in [-0.15, -0.1) is 0 Å². The summed E-state index contributed by atoms with van der Waals surface area (Å²) in [7, 11) is -1.70. The van der Waals surface area contributed by atoms with Gasteiger partial charge in [0.2, 0.25) is 23.6 Å². The number of carboxylic acids is 3. The summed E-state index contributed by atoms with van der Waals surface area (Å²) < 4.78 is 0. The van der Waals surface area contributed by atoms with Gasteiger partial charge in [0.15, 0.2) is 0 Å². The summed E-state index contributed by atoms with van der Waals surface area (Å²) in [5, 5.41) is 55.2. The minimum atomic E-state index is -1.70. The summed E-state index contributed by atoms with van der Waals surface area (Å²) in [6.45, 7) is 6.17. The van der Waals surface area contributed by atoms with E-state index in [1.165, 1.54) is 11.8 Å². The zero-order valence-electron chi connectivity index (χ0n) is 30.2. The van der Waals surface area contributed by atoms with E-state index in [0.29, 0.717) is 19.4 Å². The Labute approximate surface area is 303 Å². The van der Waals surface area contributed by atoms with E-state index in [1.807, 2.05) is 0 Å². The van der Waals surface area contributed by atoms with Gasteiger partial charge < -0.3 is 46.2 Å². The quantitative estimate of drug-likeness (QED) is 0.0654. The van der Waals surface area contributed by atoms with Crippen molar-refractivity contribution < 1.29 is 58.9 Å². The summed E-state index contributed by atoms with van der Waals surface area (Å²) in [5.41, 5.74) is 0. The smallest absolute Gasteiger partial charge is 0.475 e. The molecule has 20 nitrogen and oxygen atoms in total. The number of carbonyl (C=O) groups is 7. The number of rotatable bonds is 17. The van der Waals surface area contributed by atoms with Crippen molar-refractivity contribution in [1.29, 1.82) is 0 Å². The molecule has 0 saturated carbocycles. The third kappa shape index (κ3) is 16.2. The molecule has 294 valence electrons. The molecule has 0 radical (unpaired) electrons. The van der Waals surface area contributed by atoms with Crippen LogP contribution >= 0.6 is 0 Å². The Morgan fingerprint density at radius 3 is 1.50 bits per heavy atom. The number of nitrogens with zero attached hydrogens (tertiary/aromatic N) is 5. The predicted octanol–water partition coefficient (Wildman–Crippen LogP) is -4.38. The molecule has 0 aromatic rings. The highest BCUT2D eigenvalue weighted by Gasteiger charge is 2.39. The van der Waals surface area contributed by atoms with Crippen molar-refractivity contribution in [3.8, 4) is 0 Å². The van der Waals surface area contributed by atoms with Crippen molar-refractivity contribution in [2.24, 2.45) is 5.92 Å². The number of nitrogens with one attached hydrogen (secondary N) is 3. The van der Waals surface area contributed by atoms with E-state index in [0.717, 1.165) is 0 Å². The van der Waals surface area contributed by atoms with Crippen LogP contribution in [0.25, 0.3) is 0 Å². The lowest BCUT2D eigenvalue weighted by Gasteiger charge is -2.32. The van der Waals surface area contributed by atoms with E-state index in [9.17, 15) is 58.9 Å². The summed E-state index contributed by atoms with van der Waals surface area (Å²) in [5.74, 6) is -6.30. The maximum absolute atomic E-state index is 13.1. The third-order valence-electron chi connectivity index (χ3n) is 8.97. The molecule has 2 aliphatic heterocycles. The number of amides is 4. The standard InChI is InChI=1S/C31H55BN8O12/c1-21(2)29(30(49)34-22(3)31(50)40-8-4-5-23(40)32(51)52)35-24(41)6-7-33-25(42)17-36-9-11-37(18-26(43)44)13-15-39(20-28(47)48)16-14-38(12-10-36)19-27(45)46/h21-23,29,51-52H,4-20H2,1-3H3,(H,33,42)(H,34,49)(H,35,41)(H,43,44)(H,45,46)(H,47,48)/t22-,23+,29+/m1/s1. The van der Waals surface area contributed by atoms with Gasteiger partial charge in [0.1, 0.15) is 12.1 Å². The zero-order valence-corrected chi connectivity index (χ0v) is 30.2. The van der Waals surface area contributed by atoms with Crippen LogP contribution in [0.1, 0.15) is 40.0 Å². The molecule has 0 spiro atoms. The summed E-state index contributed by atoms with van der Waals surface area (Å²) in [6.07, 6.45) is 0.865. The normalized spacial score (nSPS) is 19.9. The Hall–Kier alpha value is -3.89. The highest BCUT2D eigenvalue weighted by atomic mass is 16.4. The second kappa shape index (κ2) is 22.2. The molecule has 52 heavy (non-hydrogen) atoms. The molecular formula is C31H55BN8O12. The van der Waals surface area contributed by atoms with E-state index in [-0.39, 0.29) is 97.4 Å². The fourth-order valence-corrected chi connectivity index (χ4v) is 6.13. The Balaban J connectivity index is 1.95. The zero-order chi connectivity index (χ0) is 39.0. The Bertz CT molecular complexity index is 1210. The molecule has 2 saturated heterocycles. The maximum Gasteiger partial charge on any atom is 0.475 e. The van der Waals surface area contributed by atoms with Gasteiger partial charge in [-0.25, -0.2) is 0 Å². The molecule has 0 bridgehead atoms. The van der Waals surface area contributed by atoms with E-state index in [4.69, 9.17) is 0 Å². The van der Waals surface area contributed by atoms with Crippen LogP contribution in [0, 0.1) is 5.92 Å². The predicted molar refractivity (Wildman–Crippen MR) is 186 cm³/mol. The second-order valence-corrected chi connectivity index (χ2v) is 13.6. The summed E-state index contributed by atoms with van der Waals surface area (Å²) >= 11 is 0. The molecule has 2 heterocycles. The molecular weight excluding hydrogens is 687 g/mol. The number of carboxylic acid groups (broad SMARTS) is 3. The van der Waals surface area contributed by atoms with Crippen molar-refractivity contribution in [1.82, 2.24) is 40.4 Å². The topological polar surface area (TPSA) is 273 Å². The van der Waals surface area contributed by atoms with Crippen molar-refractivity contribution in [2.75, 3.05) is 91.6 Å². The van der Waals surface area contributed by atoms with Gasteiger partial charge in [0, 0.05) is 71.9 Å². The maximum atomic E-state index is 13.1. The molecule has 0 aromatic carbocycles. The van der Waals surface area contributed by atoms with Gasteiger partial charge in [-0.3, -0.25) is 53.2 Å². The lowest BCUT2D eigenvalue weighted by molar-refractivity contribution is -0.140. The lowest BCUT2D eigenvalue weighted by atomic mass is 9.78. The van der Waals surface area contributed by atoms with Gasteiger partial charge in [-0.05, 0) is 25.7 Å². The minimum absolute atomic E-state index is 0.0602. The molecule has 2 fully saturated rings. The molecule has 3 atom stereocenters. The highest BCUT2D eigenvalue weighted by molar-refractivity contribution is 6.43. The van der Waals surface area contributed by atoms with Crippen molar-refractivity contribution in [3.05, 3.63) is 0 Å². The van der Waals surface area contributed by atoms with Crippen LogP contribution < -0.4 is 16.0 Å². The van der Waals surface area contributed by atoms with Crippen LogP contribution in [0.4, 0.5) is 0 Å². The first-order chi connectivity index (χ1) is 24.5. The van der Waals surface area contributed by atoms with Gasteiger partial charge in [0.05, 0.1) is 32.1 Å². The third-order valence-corrected chi connectivity index (χ3v) is 8.97. The van der Waals surface area contributed by atoms with Crippen molar-refractivity contribution >= 4 is 48.7 Å². The Morgan fingerprint density at radius 2 is 1.10 bits per heavy atom. The summed E-state index contributed by atoms with van der Waals surface area (Å²) in [6, 6.07) is -1.97. The van der Waals surface area contributed by atoms with Crippen LogP contribution in [0.3, 0.4) is 0 Å². The van der Waals surface area contributed by atoms with Crippen molar-refractivity contribution in [2.45, 2.75) is 58.1 Å². The minimum Gasteiger partial charge on any atom is -0.480 e. The Morgan fingerprint density at radius 1 is 0.654 bits per heavy atom. The van der Waals surface area contributed by atoms with Crippen LogP contribution in [0.2, 0.25) is 0 Å². The lowest BCUT2D eigenvalue weighted by Crippen LogP contribution is -2.57. The number of carbonyl (C=O) groups excluding carboxylic acids is 4. The van der Waals surface area contributed by atoms with Crippen LogP contribution in [0.5, 0.6) is 0 Å². The first kappa shape index (κ1) is 44.3. The number of hydrogen-bond acceptors (Lipinski definition) is 13. The molecule has 2 rings (SSSR count). The Kier molecular flexibility index (Phi) is 18.9. The number of likely N-dealkylation sites (tertiary alicyclic amines) is 1. The van der Waals surface area contributed by atoms with Gasteiger partial charge in [-0.1, -0.05) is 13.8 Å². The highest BCUT2D eigenvalue weighted by Crippen LogP contribution is 2.19. The molecule has 2 aliphatic rings. The average Bonchev–Trinajstić information content (AvgIpc) is 3.54. The second-order valence-electron chi connectivity index (χ2n) is 13.6. The molecule has 0 aromatic heterocycles. The molecule has 0 aliphatic carbocycles. The van der Waals surface area contributed by atoms with Crippen LogP contribution in [-0.2, 0) is 33.6 Å². The first-order valence-corrected chi connectivity index (χ1v) is 17.5. The van der Waals surface area contributed by atoms with Crippen LogP contribution in [-0.4, -0.2) is 208 Å². The molecule has 0 unspecified atom stereocenters. The fourth-order valence-electron chi connectivity index (χ4n) is 6.13. The first-order valence-electron chi connectivity index (χ1n) is 17.5. The molecule has 8 N–H and O–H groups in total. The van der Waals surface area contributed by atoms with Gasteiger partial charge >= 0.3 is 25.0 Å². The van der Waals surface area contributed by atoms with Gasteiger partial charge in [0.25, 0.3) is 0 Å². The van der Waals surface area contributed by atoms with E-state index < -0.39 is 66.7 Å². The number of aliphatic carboxylic acids is 3. The monoisotopic (exact) mass is 742 g/mol. The van der Waals surface area contributed by atoms with E-state index in [2.05, 4.69) is 16.0 Å². The van der Waals surface area contributed by atoms with Crippen molar-refractivity contribution in [3.63, 3.8) is 0 Å².